The first-order valence-electron chi connectivity index (χ1n) is 10.6. The molecule has 6 nitrogen and oxygen atoms in total. The molecule has 0 aliphatic rings. The van der Waals surface area contributed by atoms with Gasteiger partial charge in [0.15, 0.2) is 6.79 Å². The monoisotopic (exact) mass is 470 g/mol. The van der Waals surface area contributed by atoms with E-state index in [1.165, 1.54) is 0 Å². The average molecular weight is 471 g/mol. The van der Waals surface area contributed by atoms with E-state index >= 15 is 0 Å². The Morgan fingerprint density at radius 3 is 1.94 bits per heavy atom. The first-order chi connectivity index (χ1) is 16.1. The minimum atomic E-state index is -1.15. The molecule has 0 atom stereocenters. The van der Waals surface area contributed by atoms with E-state index in [0.29, 0.717) is 24.5 Å². The average Bonchev–Trinajstić information content (AvgIpc) is 2.85. The van der Waals surface area contributed by atoms with Crippen molar-refractivity contribution in [3.63, 3.8) is 0 Å². The summed E-state index contributed by atoms with van der Waals surface area (Å²) in [5.41, 5.74) is 1.73. The predicted octanol–water partition coefficient (Wildman–Crippen LogP) is 3.26. The summed E-state index contributed by atoms with van der Waals surface area (Å²) in [6.07, 6.45) is 0. The zero-order valence-electron chi connectivity index (χ0n) is 19.5. The van der Waals surface area contributed by atoms with E-state index in [0.717, 1.165) is 33.0 Å². The van der Waals surface area contributed by atoms with Gasteiger partial charge in [-0.2, -0.15) is 0 Å². The lowest BCUT2D eigenvalue weighted by molar-refractivity contribution is -0.00878. The van der Waals surface area contributed by atoms with Crippen LogP contribution in [0.2, 0.25) is 0 Å². The van der Waals surface area contributed by atoms with Gasteiger partial charge in [0.25, 0.3) is 0 Å². The molecule has 3 aromatic rings. The Morgan fingerprint density at radius 2 is 1.39 bits per heavy atom. The number of benzene rings is 3. The molecule has 176 valence electrons. The molecule has 0 saturated heterocycles. The van der Waals surface area contributed by atoms with Crippen LogP contribution in [0.25, 0.3) is 0 Å². The Bertz CT molecular complexity index is 992. The summed E-state index contributed by atoms with van der Waals surface area (Å²) in [7, 11) is 3.82. The molecule has 0 unspecified atom stereocenters. The Kier molecular flexibility index (Phi) is 9.52. The van der Waals surface area contributed by atoms with Crippen LogP contribution in [0.4, 0.5) is 0 Å². The minimum absolute atomic E-state index is 0.0491. The molecule has 0 fully saturated rings. The van der Waals surface area contributed by atoms with Crippen LogP contribution in [0.3, 0.4) is 0 Å². The number of aryl methyl sites for hydroxylation is 1. The van der Waals surface area contributed by atoms with Crippen LogP contribution in [0.5, 0.6) is 17.2 Å². The second-order valence-electron chi connectivity index (χ2n) is 7.27. The Labute approximate surface area is 196 Å². The SMILES string of the molecule is COCCOCOc1c(CO)cc(C)cc1P(c1ccccc1OC)c1ccccc1OC. The van der Waals surface area contributed by atoms with Gasteiger partial charge in [-0.05, 0) is 38.6 Å². The number of aliphatic hydroxyl groups is 1. The van der Waals surface area contributed by atoms with E-state index in [1.807, 2.05) is 49.4 Å². The fourth-order valence-corrected chi connectivity index (χ4v) is 6.36. The zero-order valence-corrected chi connectivity index (χ0v) is 20.4. The molecule has 0 aliphatic heterocycles. The fraction of sp³-hybridized carbons (Fsp3) is 0.308. The molecule has 0 amide bonds. The molecule has 0 heterocycles. The van der Waals surface area contributed by atoms with Gasteiger partial charge in [-0.1, -0.05) is 42.5 Å². The van der Waals surface area contributed by atoms with Crippen molar-refractivity contribution in [1.29, 1.82) is 0 Å². The maximum Gasteiger partial charge on any atom is 0.189 e. The lowest BCUT2D eigenvalue weighted by atomic mass is 10.1. The summed E-state index contributed by atoms with van der Waals surface area (Å²) in [5, 5.41) is 13.2. The van der Waals surface area contributed by atoms with Crippen LogP contribution >= 0.6 is 7.92 Å². The highest BCUT2D eigenvalue weighted by molar-refractivity contribution is 7.80. The highest BCUT2D eigenvalue weighted by Gasteiger charge is 2.28. The number of rotatable bonds is 12. The smallest absolute Gasteiger partial charge is 0.189 e. The summed E-state index contributed by atoms with van der Waals surface area (Å²) in [6.45, 7) is 2.81. The third-order valence-electron chi connectivity index (χ3n) is 5.07. The third-order valence-corrected chi connectivity index (χ3v) is 7.59. The van der Waals surface area contributed by atoms with Gasteiger partial charge in [0.2, 0.25) is 0 Å². The number of ether oxygens (including phenoxy) is 5. The summed E-state index contributed by atoms with van der Waals surface area (Å²) >= 11 is 0. The molecule has 0 saturated carbocycles. The minimum Gasteiger partial charge on any atom is -0.496 e. The molecule has 0 radical (unpaired) electrons. The molecule has 0 aliphatic carbocycles. The first kappa shape index (κ1) is 25.0. The van der Waals surface area contributed by atoms with E-state index in [9.17, 15) is 5.11 Å². The van der Waals surface area contributed by atoms with Gasteiger partial charge >= 0.3 is 0 Å². The van der Waals surface area contributed by atoms with Crippen LogP contribution in [-0.2, 0) is 16.1 Å². The van der Waals surface area contributed by atoms with Crippen LogP contribution < -0.4 is 30.1 Å². The lowest BCUT2D eigenvalue weighted by Gasteiger charge is -2.26. The van der Waals surface area contributed by atoms with Crippen molar-refractivity contribution in [3.05, 3.63) is 71.8 Å². The molecular weight excluding hydrogens is 439 g/mol. The Hall–Kier alpha value is -2.63. The number of aliphatic hydroxyl groups excluding tert-OH is 1. The van der Waals surface area contributed by atoms with Gasteiger partial charge in [0, 0.05) is 28.6 Å². The third kappa shape index (κ3) is 6.04. The van der Waals surface area contributed by atoms with Gasteiger partial charge in [-0.15, -0.1) is 0 Å². The number of para-hydroxylation sites is 2. The summed E-state index contributed by atoms with van der Waals surface area (Å²) in [5.74, 6) is 2.18. The lowest BCUT2D eigenvalue weighted by Crippen LogP contribution is -2.26. The highest BCUT2D eigenvalue weighted by Crippen LogP contribution is 2.43. The number of hydrogen-bond acceptors (Lipinski definition) is 6. The maximum atomic E-state index is 10.1. The largest absolute Gasteiger partial charge is 0.496 e. The van der Waals surface area contributed by atoms with Gasteiger partial charge < -0.3 is 28.8 Å². The van der Waals surface area contributed by atoms with Crippen LogP contribution in [0.1, 0.15) is 11.1 Å². The molecule has 0 bridgehead atoms. The van der Waals surface area contributed by atoms with Crippen molar-refractivity contribution in [1.82, 2.24) is 0 Å². The Morgan fingerprint density at radius 1 is 0.788 bits per heavy atom. The standard InChI is InChI=1S/C26H31O6P/c1-19-15-20(17-27)26(32-18-31-14-13-28-2)25(16-19)33(23-11-7-5-9-21(23)29-3)24-12-8-6-10-22(24)30-4/h5-12,15-16,27H,13-14,17-18H2,1-4H3. The van der Waals surface area contributed by atoms with Crippen molar-refractivity contribution < 1.29 is 28.8 Å². The van der Waals surface area contributed by atoms with E-state index in [1.54, 1.807) is 21.3 Å². The van der Waals surface area contributed by atoms with Crippen LogP contribution in [0, 0.1) is 6.92 Å². The summed E-state index contributed by atoms with van der Waals surface area (Å²) in [4.78, 5) is 0. The second kappa shape index (κ2) is 12.6. The number of methoxy groups -OCH3 is 3. The first-order valence-corrected chi connectivity index (χ1v) is 12.0. The van der Waals surface area contributed by atoms with Crippen LogP contribution in [-0.4, -0.2) is 46.4 Å². The molecule has 1 N–H and O–H groups in total. The van der Waals surface area contributed by atoms with Crippen molar-refractivity contribution in [3.8, 4) is 17.2 Å². The fourth-order valence-electron chi connectivity index (χ4n) is 3.60. The molecule has 3 aromatic carbocycles. The van der Waals surface area contributed by atoms with Gasteiger partial charge in [0.1, 0.15) is 17.2 Å². The highest BCUT2D eigenvalue weighted by atomic mass is 31.1. The van der Waals surface area contributed by atoms with Crippen LogP contribution in [0.15, 0.2) is 60.7 Å². The number of hydrogen-bond donors (Lipinski definition) is 1. The van der Waals surface area contributed by atoms with Gasteiger partial charge in [-0.25, -0.2) is 0 Å². The summed E-state index contributed by atoms with van der Waals surface area (Å²) < 4.78 is 28.2. The quantitative estimate of drug-likeness (QED) is 0.249. The topological polar surface area (TPSA) is 66.4 Å². The van der Waals surface area contributed by atoms with E-state index in [-0.39, 0.29) is 13.4 Å². The Balaban J connectivity index is 2.20. The molecule has 33 heavy (non-hydrogen) atoms. The van der Waals surface area contributed by atoms with Crippen molar-refractivity contribution >= 4 is 23.8 Å². The van der Waals surface area contributed by atoms with Crippen molar-refractivity contribution in [2.45, 2.75) is 13.5 Å². The van der Waals surface area contributed by atoms with E-state index in [2.05, 4.69) is 18.2 Å². The zero-order chi connectivity index (χ0) is 23.6. The van der Waals surface area contributed by atoms with Gasteiger partial charge in [-0.3, -0.25) is 0 Å². The molecule has 7 heteroatoms. The maximum absolute atomic E-state index is 10.1. The predicted molar refractivity (Wildman–Crippen MR) is 132 cm³/mol. The van der Waals surface area contributed by atoms with Crippen molar-refractivity contribution in [2.24, 2.45) is 0 Å². The molecule has 3 rings (SSSR count). The summed E-state index contributed by atoms with van der Waals surface area (Å²) in [6, 6.07) is 20.0. The molecular formula is C26H31O6P. The normalized spacial score (nSPS) is 11.0. The van der Waals surface area contributed by atoms with Crippen molar-refractivity contribution in [2.75, 3.05) is 41.3 Å². The second-order valence-corrected chi connectivity index (χ2v) is 9.39. The van der Waals surface area contributed by atoms with Gasteiger partial charge in [0.05, 0.1) is 34.0 Å². The molecule has 0 spiro atoms. The van der Waals surface area contributed by atoms with E-state index < -0.39 is 7.92 Å². The van der Waals surface area contributed by atoms with E-state index in [4.69, 9.17) is 23.7 Å². The molecule has 0 aromatic heterocycles.